The summed E-state index contributed by atoms with van der Waals surface area (Å²) >= 11 is 0. The van der Waals surface area contributed by atoms with Crippen molar-refractivity contribution < 1.29 is 24.1 Å². The Kier molecular flexibility index (Phi) is 4.58. The van der Waals surface area contributed by atoms with Crippen LogP contribution in [-0.4, -0.2) is 30.3 Å². The van der Waals surface area contributed by atoms with E-state index in [1.807, 2.05) is 0 Å². The highest BCUT2D eigenvalue weighted by Crippen LogP contribution is 2.06. The Morgan fingerprint density at radius 3 is 1.79 bits per heavy atom. The third-order valence-electron chi connectivity index (χ3n) is 1.47. The standard InChI is InChI=1S/C9H14NO4/c1-5-8(11)13-10(4,7-3)14-9(12)6-2/h5-6H,1-2,7H2,3-4H3/q+1. The molecule has 0 unspecified atom stereocenters. The summed E-state index contributed by atoms with van der Waals surface area (Å²) in [7, 11) is 1.43. The zero-order chi connectivity index (χ0) is 11.2. The van der Waals surface area contributed by atoms with Crippen molar-refractivity contribution in [1.82, 2.24) is 0 Å². The SMILES string of the molecule is C=CC(=O)O[N+](C)(CC)OC(=O)C=C. The van der Waals surface area contributed by atoms with Gasteiger partial charge in [0, 0.05) is 17.0 Å². The largest absolute Gasteiger partial charge is 0.395 e. The molecule has 0 aromatic carbocycles. The molecule has 14 heavy (non-hydrogen) atoms. The van der Waals surface area contributed by atoms with Crippen LogP contribution in [0, 0.1) is 0 Å². The highest BCUT2D eigenvalue weighted by atomic mass is 17.0. The van der Waals surface area contributed by atoms with Crippen molar-refractivity contribution in [2.75, 3.05) is 13.6 Å². The first kappa shape index (κ1) is 12.4. The van der Waals surface area contributed by atoms with Crippen LogP contribution in [0.4, 0.5) is 0 Å². The van der Waals surface area contributed by atoms with Crippen molar-refractivity contribution in [3.63, 3.8) is 0 Å². The van der Waals surface area contributed by atoms with Crippen molar-refractivity contribution in [1.29, 1.82) is 0 Å². The Bertz CT molecular complexity index is 238. The fraction of sp³-hybridized carbons (Fsp3) is 0.333. The minimum Gasteiger partial charge on any atom is -0.240 e. The molecular formula is C9H14NO4+. The van der Waals surface area contributed by atoms with Crippen molar-refractivity contribution in [2.24, 2.45) is 0 Å². The van der Waals surface area contributed by atoms with E-state index in [0.717, 1.165) is 12.2 Å². The van der Waals surface area contributed by atoms with Gasteiger partial charge in [0.15, 0.2) is 13.6 Å². The molecule has 0 saturated carbocycles. The molecular weight excluding hydrogens is 186 g/mol. The highest BCUT2D eigenvalue weighted by Gasteiger charge is 2.29. The zero-order valence-corrected chi connectivity index (χ0v) is 8.36. The molecule has 0 fully saturated rings. The van der Waals surface area contributed by atoms with Crippen LogP contribution in [0.2, 0.25) is 0 Å². The molecule has 5 nitrogen and oxygen atoms in total. The number of hydrogen-bond acceptors (Lipinski definition) is 4. The third-order valence-corrected chi connectivity index (χ3v) is 1.47. The second kappa shape index (κ2) is 5.18. The molecule has 0 aromatic rings. The van der Waals surface area contributed by atoms with Gasteiger partial charge in [-0.1, -0.05) is 13.2 Å². The fourth-order valence-electron chi connectivity index (χ4n) is 0.603. The molecule has 0 radical (unpaired) electrons. The van der Waals surface area contributed by atoms with Crippen molar-refractivity contribution in [3.8, 4) is 0 Å². The maximum Gasteiger partial charge on any atom is 0.395 e. The Hall–Kier alpha value is -1.62. The predicted octanol–water partition coefficient (Wildman–Crippen LogP) is 0.741. The second-order valence-electron chi connectivity index (χ2n) is 2.56. The number of nitrogens with zero attached hydrogens (tertiary/aromatic N) is 1. The van der Waals surface area contributed by atoms with E-state index in [0.29, 0.717) is 6.54 Å². The zero-order valence-electron chi connectivity index (χ0n) is 8.36. The van der Waals surface area contributed by atoms with E-state index in [4.69, 9.17) is 9.68 Å². The lowest BCUT2D eigenvalue weighted by atomic mass is 10.6. The molecule has 0 aliphatic heterocycles. The topological polar surface area (TPSA) is 52.6 Å². The smallest absolute Gasteiger partial charge is 0.240 e. The van der Waals surface area contributed by atoms with Crippen LogP contribution >= 0.6 is 0 Å². The lowest BCUT2D eigenvalue weighted by Gasteiger charge is -2.24. The Morgan fingerprint density at radius 1 is 1.21 bits per heavy atom. The maximum absolute atomic E-state index is 10.9. The first-order valence-corrected chi connectivity index (χ1v) is 4.05. The van der Waals surface area contributed by atoms with Crippen molar-refractivity contribution in [2.45, 2.75) is 6.92 Å². The van der Waals surface area contributed by atoms with Crippen LogP contribution in [0.3, 0.4) is 0 Å². The van der Waals surface area contributed by atoms with Gasteiger partial charge in [0.2, 0.25) is 0 Å². The van der Waals surface area contributed by atoms with E-state index in [2.05, 4.69) is 13.2 Å². The lowest BCUT2D eigenvalue weighted by Crippen LogP contribution is -2.46. The molecule has 0 atom stereocenters. The number of hydroxylamine groups is 4. The van der Waals surface area contributed by atoms with Gasteiger partial charge in [-0.15, -0.1) is 0 Å². The van der Waals surface area contributed by atoms with Crippen molar-refractivity contribution >= 4 is 11.9 Å². The summed E-state index contributed by atoms with van der Waals surface area (Å²) in [5.41, 5.74) is 0. The van der Waals surface area contributed by atoms with E-state index < -0.39 is 16.7 Å². The molecule has 0 spiro atoms. The van der Waals surface area contributed by atoms with E-state index in [1.54, 1.807) is 6.92 Å². The van der Waals surface area contributed by atoms with Crippen molar-refractivity contribution in [3.05, 3.63) is 25.3 Å². The summed E-state index contributed by atoms with van der Waals surface area (Å²) < 4.78 is 0. The molecule has 0 N–H and O–H groups in total. The molecule has 0 bridgehead atoms. The Labute approximate surface area is 82.7 Å². The van der Waals surface area contributed by atoms with Crippen LogP contribution in [-0.2, 0) is 19.3 Å². The first-order chi connectivity index (χ1) is 6.47. The summed E-state index contributed by atoms with van der Waals surface area (Å²) in [4.78, 5) is 30.8. The molecule has 5 heteroatoms. The Balaban J connectivity index is 4.45. The summed E-state index contributed by atoms with van der Waals surface area (Å²) in [5, 5.41) is 0. The Morgan fingerprint density at radius 2 is 1.57 bits per heavy atom. The molecule has 0 rings (SSSR count). The molecule has 0 aliphatic carbocycles. The number of rotatable bonds is 5. The number of carbonyl (C=O) groups excluding carboxylic acids is 2. The average molecular weight is 200 g/mol. The minimum absolute atomic E-state index is 0.291. The van der Waals surface area contributed by atoms with Gasteiger partial charge >= 0.3 is 11.9 Å². The van der Waals surface area contributed by atoms with Crippen LogP contribution in [0.15, 0.2) is 25.3 Å². The summed E-state index contributed by atoms with van der Waals surface area (Å²) in [6.45, 7) is 8.46. The predicted molar refractivity (Wildman–Crippen MR) is 49.3 cm³/mol. The number of hydrogen-bond donors (Lipinski definition) is 0. The second-order valence-corrected chi connectivity index (χ2v) is 2.56. The van der Waals surface area contributed by atoms with Gasteiger partial charge in [0.05, 0.1) is 0 Å². The minimum atomic E-state index is -0.661. The molecule has 0 heterocycles. The third kappa shape index (κ3) is 3.86. The number of carbonyl (C=O) groups is 2. The summed E-state index contributed by atoms with van der Waals surface area (Å²) in [6.07, 6.45) is 1.99. The van der Waals surface area contributed by atoms with Gasteiger partial charge in [-0.3, -0.25) is 0 Å². The van der Waals surface area contributed by atoms with E-state index in [1.165, 1.54) is 7.05 Å². The summed E-state index contributed by atoms with van der Waals surface area (Å²) in [5.74, 6) is -1.32. The average Bonchev–Trinajstić information content (AvgIpc) is 2.17. The van der Waals surface area contributed by atoms with Gasteiger partial charge in [0.25, 0.3) is 0 Å². The van der Waals surface area contributed by atoms with E-state index >= 15 is 0 Å². The summed E-state index contributed by atoms with van der Waals surface area (Å²) in [6, 6.07) is 0. The monoisotopic (exact) mass is 200 g/mol. The van der Waals surface area contributed by atoms with Gasteiger partial charge in [-0.2, -0.15) is 0 Å². The lowest BCUT2D eigenvalue weighted by molar-refractivity contribution is -1.21. The molecule has 0 amide bonds. The normalized spacial score (nSPS) is 10.1. The number of quaternary nitrogens is 1. The van der Waals surface area contributed by atoms with Gasteiger partial charge in [0.1, 0.15) is 0 Å². The first-order valence-electron chi connectivity index (χ1n) is 4.05. The van der Waals surface area contributed by atoms with Crippen LogP contribution in [0.25, 0.3) is 0 Å². The molecule has 0 aliphatic rings. The van der Waals surface area contributed by atoms with Gasteiger partial charge < -0.3 is 0 Å². The van der Waals surface area contributed by atoms with E-state index in [9.17, 15) is 9.59 Å². The maximum atomic E-state index is 10.9. The van der Waals surface area contributed by atoms with Crippen LogP contribution in [0.5, 0.6) is 0 Å². The van der Waals surface area contributed by atoms with Gasteiger partial charge in [-0.05, 0) is 6.92 Å². The van der Waals surface area contributed by atoms with E-state index in [-0.39, 0.29) is 0 Å². The van der Waals surface area contributed by atoms with Crippen LogP contribution in [0.1, 0.15) is 6.92 Å². The quantitative estimate of drug-likeness (QED) is 0.373. The molecule has 0 saturated heterocycles. The fourth-order valence-corrected chi connectivity index (χ4v) is 0.603. The van der Waals surface area contributed by atoms with Crippen LogP contribution < -0.4 is 0 Å². The van der Waals surface area contributed by atoms with Gasteiger partial charge in [-0.25, -0.2) is 19.3 Å². The molecule has 0 aromatic heterocycles. The highest BCUT2D eigenvalue weighted by molar-refractivity contribution is 5.81. The molecule has 78 valence electrons.